The Morgan fingerprint density at radius 1 is 0.941 bits per heavy atom. The molecule has 5 nitrogen and oxygen atoms in total. The first-order valence-corrected chi connectivity index (χ1v) is 11.3. The van der Waals surface area contributed by atoms with Gasteiger partial charge in [0.25, 0.3) is 0 Å². The molecule has 0 aliphatic carbocycles. The molecule has 4 rings (SSSR count). The average molecular weight is 461 g/mol. The van der Waals surface area contributed by atoms with Gasteiger partial charge in [-0.1, -0.05) is 24.3 Å². The van der Waals surface area contributed by atoms with Crippen molar-refractivity contribution in [1.29, 1.82) is 0 Å². The van der Waals surface area contributed by atoms with E-state index in [0.717, 1.165) is 48.7 Å². The third-order valence-corrected chi connectivity index (χ3v) is 6.15. The Balaban J connectivity index is 1.72. The van der Waals surface area contributed by atoms with E-state index in [9.17, 15) is 9.18 Å². The molecule has 0 amide bonds. The van der Waals surface area contributed by atoms with Gasteiger partial charge in [-0.3, -0.25) is 4.79 Å². The summed E-state index contributed by atoms with van der Waals surface area (Å²) < 4.78 is 25.0. The van der Waals surface area contributed by atoms with Crippen molar-refractivity contribution in [3.8, 4) is 22.6 Å². The molecule has 1 saturated heterocycles. The fraction of sp³-hybridized carbons (Fsp3) is 0.250. The van der Waals surface area contributed by atoms with Crippen LogP contribution in [0.25, 0.3) is 17.2 Å². The minimum atomic E-state index is -0.439. The molecule has 0 saturated carbocycles. The predicted octanol–water partition coefficient (Wildman–Crippen LogP) is 5.16. The summed E-state index contributed by atoms with van der Waals surface area (Å²) in [6.07, 6.45) is 2.95. The number of carbonyl (C=O) groups excluding carboxylic acids is 1. The van der Waals surface area contributed by atoms with Gasteiger partial charge in [-0.2, -0.15) is 0 Å². The van der Waals surface area contributed by atoms with Crippen molar-refractivity contribution < 1.29 is 18.7 Å². The van der Waals surface area contributed by atoms with Crippen LogP contribution in [0.4, 0.5) is 10.1 Å². The molecule has 1 fully saturated rings. The van der Waals surface area contributed by atoms with Gasteiger partial charge in [0.2, 0.25) is 0 Å². The zero-order valence-electron chi connectivity index (χ0n) is 19.8. The van der Waals surface area contributed by atoms with Crippen molar-refractivity contribution in [2.75, 3.05) is 52.3 Å². The van der Waals surface area contributed by atoms with E-state index in [1.807, 2.05) is 42.5 Å². The lowest BCUT2D eigenvalue weighted by atomic mass is 9.97. The number of nitrogens with zero attached hydrogens (tertiary/aromatic N) is 2. The topological polar surface area (TPSA) is 42.0 Å². The normalized spacial score (nSPS) is 14.4. The van der Waals surface area contributed by atoms with Gasteiger partial charge < -0.3 is 19.3 Å². The van der Waals surface area contributed by atoms with E-state index >= 15 is 0 Å². The number of ether oxygens (including phenoxy) is 2. The number of anilines is 1. The molecule has 0 atom stereocenters. The van der Waals surface area contributed by atoms with Crippen LogP contribution in [0.5, 0.6) is 11.5 Å². The number of likely N-dealkylation sites (N-methyl/N-ethyl adjacent to an activating group) is 1. The number of carbonyl (C=O) groups is 1. The number of ketones is 1. The van der Waals surface area contributed by atoms with Crippen molar-refractivity contribution in [3.63, 3.8) is 0 Å². The number of halogens is 1. The minimum Gasteiger partial charge on any atom is -0.497 e. The summed E-state index contributed by atoms with van der Waals surface area (Å²) in [5.74, 6) is 0.554. The van der Waals surface area contributed by atoms with Crippen LogP contribution in [0.3, 0.4) is 0 Å². The van der Waals surface area contributed by atoms with E-state index in [0.29, 0.717) is 16.9 Å². The molecule has 1 aliphatic heterocycles. The summed E-state index contributed by atoms with van der Waals surface area (Å²) in [5, 5.41) is 0. The molecule has 6 heteroatoms. The van der Waals surface area contributed by atoms with Crippen molar-refractivity contribution in [1.82, 2.24) is 4.90 Å². The van der Waals surface area contributed by atoms with Crippen LogP contribution in [0.2, 0.25) is 0 Å². The predicted molar refractivity (Wildman–Crippen MR) is 134 cm³/mol. The molecular weight excluding hydrogens is 431 g/mol. The SMILES string of the molecule is COc1ccc(/C=C/C(=O)c2cc(-c3ccccc3OC)ccc2N2CCN(C)CC2)c(F)c1. The zero-order chi connectivity index (χ0) is 24.1. The van der Waals surface area contributed by atoms with Crippen LogP contribution < -0.4 is 14.4 Å². The summed E-state index contributed by atoms with van der Waals surface area (Å²) in [5.41, 5.74) is 3.60. The maximum Gasteiger partial charge on any atom is 0.187 e. The van der Waals surface area contributed by atoms with E-state index in [4.69, 9.17) is 9.47 Å². The third-order valence-electron chi connectivity index (χ3n) is 6.15. The highest BCUT2D eigenvalue weighted by molar-refractivity contribution is 6.11. The van der Waals surface area contributed by atoms with E-state index in [-0.39, 0.29) is 5.78 Å². The molecule has 0 spiro atoms. The van der Waals surface area contributed by atoms with Crippen molar-refractivity contribution in [2.24, 2.45) is 0 Å². The number of allylic oxidation sites excluding steroid dienone is 1. The lowest BCUT2D eigenvalue weighted by molar-refractivity contribution is 0.104. The van der Waals surface area contributed by atoms with Gasteiger partial charge >= 0.3 is 0 Å². The number of piperazine rings is 1. The van der Waals surface area contributed by atoms with Gasteiger partial charge in [-0.15, -0.1) is 0 Å². The van der Waals surface area contributed by atoms with E-state index in [1.54, 1.807) is 19.2 Å². The first-order chi connectivity index (χ1) is 16.5. The molecule has 1 aliphatic rings. The summed E-state index contributed by atoms with van der Waals surface area (Å²) in [4.78, 5) is 17.9. The lowest BCUT2D eigenvalue weighted by Crippen LogP contribution is -2.45. The molecule has 0 radical (unpaired) electrons. The number of para-hydroxylation sites is 1. The second-order valence-electron chi connectivity index (χ2n) is 8.31. The van der Waals surface area contributed by atoms with Crippen LogP contribution >= 0.6 is 0 Å². The standard InChI is InChI=1S/C28H29FN2O3/c1-30-14-16-31(17-15-30)26-12-9-21(23-6-4-5-7-28(23)34-3)18-24(26)27(32)13-10-20-8-11-22(33-2)19-25(20)29/h4-13,18-19H,14-17H2,1-3H3/b13-10+. The maximum atomic E-state index is 14.4. The van der Waals surface area contributed by atoms with E-state index < -0.39 is 5.82 Å². The van der Waals surface area contributed by atoms with Crippen molar-refractivity contribution in [3.05, 3.63) is 83.7 Å². The molecule has 176 valence electrons. The summed E-state index contributed by atoms with van der Waals surface area (Å²) in [7, 11) is 5.22. The maximum absolute atomic E-state index is 14.4. The van der Waals surface area contributed by atoms with Crippen LogP contribution in [-0.2, 0) is 0 Å². The summed E-state index contributed by atoms with van der Waals surface area (Å²) >= 11 is 0. The second kappa shape index (κ2) is 10.5. The first-order valence-electron chi connectivity index (χ1n) is 11.3. The Labute approximate surface area is 200 Å². The number of methoxy groups -OCH3 is 2. The van der Waals surface area contributed by atoms with Gasteiger partial charge in [0.05, 0.1) is 14.2 Å². The largest absolute Gasteiger partial charge is 0.497 e. The number of hydrogen-bond donors (Lipinski definition) is 0. The highest BCUT2D eigenvalue weighted by Gasteiger charge is 2.21. The van der Waals surface area contributed by atoms with Crippen LogP contribution in [0.1, 0.15) is 15.9 Å². The Morgan fingerprint density at radius 3 is 2.41 bits per heavy atom. The Morgan fingerprint density at radius 2 is 1.71 bits per heavy atom. The number of rotatable bonds is 7. The van der Waals surface area contributed by atoms with Crippen molar-refractivity contribution in [2.45, 2.75) is 0 Å². The molecule has 0 unspecified atom stereocenters. The van der Waals surface area contributed by atoms with Crippen LogP contribution in [-0.4, -0.2) is 58.1 Å². The van der Waals surface area contributed by atoms with E-state index in [2.05, 4.69) is 16.8 Å². The lowest BCUT2D eigenvalue weighted by Gasteiger charge is -2.35. The van der Waals surface area contributed by atoms with E-state index in [1.165, 1.54) is 25.3 Å². The van der Waals surface area contributed by atoms with Gasteiger partial charge in [-0.25, -0.2) is 4.39 Å². The Hall–Kier alpha value is -3.64. The van der Waals surface area contributed by atoms with Crippen LogP contribution in [0.15, 0.2) is 66.7 Å². The summed E-state index contributed by atoms with van der Waals surface area (Å²) in [6.45, 7) is 3.52. The van der Waals surface area contributed by atoms with Crippen molar-refractivity contribution >= 4 is 17.5 Å². The molecule has 3 aromatic rings. The highest BCUT2D eigenvalue weighted by Crippen LogP contribution is 2.34. The molecule has 0 aromatic heterocycles. The monoisotopic (exact) mass is 460 g/mol. The summed E-state index contributed by atoms with van der Waals surface area (Å²) in [6, 6.07) is 18.2. The van der Waals surface area contributed by atoms with Crippen LogP contribution in [0, 0.1) is 5.82 Å². The fourth-order valence-electron chi connectivity index (χ4n) is 4.13. The molecule has 1 heterocycles. The quantitative estimate of drug-likeness (QED) is 0.360. The van der Waals surface area contributed by atoms with Gasteiger partial charge in [0, 0.05) is 54.6 Å². The Kier molecular flexibility index (Phi) is 7.28. The molecular formula is C28H29FN2O3. The van der Waals surface area contributed by atoms with Gasteiger partial charge in [0.15, 0.2) is 5.78 Å². The smallest absolute Gasteiger partial charge is 0.187 e. The first kappa shape index (κ1) is 23.5. The zero-order valence-corrected chi connectivity index (χ0v) is 19.8. The third kappa shape index (κ3) is 5.13. The molecule has 34 heavy (non-hydrogen) atoms. The second-order valence-corrected chi connectivity index (χ2v) is 8.31. The Bertz CT molecular complexity index is 1200. The molecule has 3 aromatic carbocycles. The highest BCUT2D eigenvalue weighted by atomic mass is 19.1. The fourth-order valence-corrected chi connectivity index (χ4v) is 4.13. The number of benzene rings is 3. The minimum absolute atomic E-state index is 0.180. The number of hydrogen-bond acceptors (Lipinski definition) is 5. The van der Waals surface area contributed by atoms with Gasteiger partial charge in [0.1, 0.15) is 17.3 Å². The van der Waals surface area contributed by atoms with Gasteiger partial charge in [-0.05, 0) is 55.1 Å². The molecule has 0 bridgehead atoms. The average Bonchev–Trinajstić information content (AvgIpc) is 2.87. The molecule has 0 N–H and O–H groups in total.